The summed E-state index contributed by atoms with van der Waals surface area (Å²) in [5, 5.41) is 10.0. The molecule has 0 aliphatic rings. The highest BCUT2D eigenvalue weighted by atomic mass is 16.2. The van der Waals surface area contributed by atoms with Crippen molar-refractivity contribution in [2.24, 2.45) is 0 Å². The molecule has 16 heavy (non-hydrogen) atoms. The van der Waals surface area contributed by atoms with E-state index in [0.717, 1.165) is 0 Å². The lowest BCUT2D eigenvalue weighted by Gasteiger charge is -2.08. The normalized spacial score (nSPS) is 9.94. The minimum atomic E-state index is -0.133. The van der Waals surface area contributed by atoms with Crippen LogP contribution in [0.25, 0.3) is 0 Å². The fourth-order valence-corrected chi connectivity index (χ4v) is 0.944. The van der Waals surface area contributed by atoms with Crippen LogP contribution in [0.1, 0.15) is 13.3 Å². The number of hydrogen-bond acceptors (Lipinski definition) is 4. The molecule has 0 aliphatic carbocycles. The summed E-state index contributed by atoms with van der Waals surface area (Å²) in [7, 11) is 3.33. The molecule has 0 spiro atoms. The molecule has 0 saturated heterocycles. The maximum absolute atomic E-state index is 11.3. The summed E-state index contributed by atoms with van der Waals surface area (Å²) >= 11 is 0. The third-order valence-corrected chi connectivity index (χ3v) is 1.92. The SMILES string of the molecule is CCC(=O)Nc1cn(CC(=O)N(C)C)nn1. The van der Waals surface area contributed by atoms with E-state index in [2.05, 4.69) is 15.6 Å². The second kappa shape index (κ2) is 5.24. The first-order valence-electron chi connectivity index (χ1n) is 4.93. The summed E-state index contributed by atoms with van der Waals surface area (Å²) < 4.78 is 1.38. The van der Waals surface area contributed by atoms with Gasteiger partial charge in [0.2, 0.25) is 11.8 Å². The Morgan fingerprint density at radius 1 is 1.50 bits per heavy atom. The molecule has 1 heterocycles. The van der Waals surface area contributed by atoms with Gasteiger partial charge in [0.15, 0.2) is 5.82 Å². The van der Waals surface area contributed by atoms with Gasteiger partial charge >= 0.3 is 0 Å². The Hall–Kier alpha value is -1.92. The highest BCUT2D eigenvalue weighted by Gasteiger charge is 2.08. The van der Waals surface area contributed by atoms with Crippen molar-refractivity contribution in [2.75, 3.05) is 19.4 Å². The summed E-state index contributed by atoms with van der Waals surface area (Å²) in [4.78, 5) is 23.9. The number of carbonyl (C=O) groups is 2. The van der Waals surface area contributed by atoms with E-state index in [0.29, 0.717) is 12.2 Å². The van der Waals surface area contributed by atoms with Crippen LogP contribution in [0.4, 0.5) is 5.82 Å². The minimum Gasteiger partial charge on any atom is -0.347 e. The average molecular weight is 225 g/mol. The first-order chi connectivity index (χ1) is 7.52. The van der Waals surface area contributed by atoms with E-state index in [1.807, 2.05) is 0 Å². The first-order valence-corrected chi connectivity index (χ1v) is 4.93. The van der Waals surface area contributed by atoms with Gasteiger partial charge < -0.3 is 10.2 Å². The van der Waals surface area contributed by atoms with E-state index in [-0.39, 0.29) is 18.4 Å². The van der Waals surface area contributed by atoms with E-state index in [9.17, 15) is 9.59 Å². The summed E-state index contributed by atoms with van der Waals surface area (Å²) in [6.45, 7) is 1.86. The lowest BCUT2D eigenvalue weighted by Crippen LogP contribution is -2.26. The predicted octanol–water partition coefficient (Wildman–Crippen LogP) is -0.285. The summed E-state index contributed by atoms with van der Waals surface area (Å²) in [6, 6.07) is 0. The smallest absolute Gasteiger partial charge is 0.243 e. The van der Waals surface area contributed by atoms with Crippen molar-refractivity contribution in [3.63, 3.8) is 0 Å². The van der Waals surface area contributed by atoms with Gasteiger partial charge in [-0.1, -0.05) is 12.1 Å². The Labute approximate surface area is 93.4 Å². The molecule has 2 amide bonds. The number of nitrogens with zero attached hydrogens (tertiary/aromatic N) is 4. The molecule has 0 atom stereocenters. The highest BCUT2D eigenvalue weighted by molar-refractivity contribution is 5.89. The van der Waals surface area contributed by atoms with Crippen molar-refractivity contribution >= 4 is 17.6 Å². The molecule has 1 rings (SSSR count). The highest BCUT2D eigenvalue weighted by Crippen LogP contribution is 2.00. The third kappa shape index (κ3) is 3.34. The number of carbonyl (C=O) groups excluding carboxylic acids is 2. The van der Waals surface area contributed by atoms with Gasteiger partial charge in [-0.15, -0.1) is 5.10 Å². The number of anilines is 1. The van der Waals surface area contributed by atoms with Crippen molar-refractivity contribution in [3.05, 3.63) is 6.20 Å². The molecule has 7 heteroatoms. The van der Waals surface area contributed by atoms with Gasteiger partial charge in [-0.2, -0.15) is 0 Å². The lowest BCUT2D eigenvalue weighted by atomic mass is 10.4. The molecule has 1 aromatic rings. The second-order valence-corrected chi connectivity index (χ2v) is 3.49. The molecule has 0 aromatic carbocycles. The molecule has 0 bridgehead atoms. The van der Waals surface area contributed by atoms with Gasteiger partial charge in [0, 0.05) is 20.5 Å². The van der Waals surface area contributed by atoms with Crippen LogP contribution < -0.4 is 5.32 Å². The van der Waals surface area contributed by atoms with Gasteiger partial charge in [0.1, 0.15) is 6.54 Å². The van der Waals surface area contributed by atoms with E-state index in [1.54, 1.807) is 21.0 Å². The molecule has 0 fully saturated rings. The number of likely N-dealkylation sites (N-methyl/N-ethyl adjacent to an activating group) is 1. The molecular weight excluding hydrogens is 210 g/mol. The van der Waals surface area contributed by atoms with E-state index in [4.69, 9.17) is 0 Å². The van der Waals surface area contributed by atoms with Gasteiger partial charge in [0.05, 0.1) is 6.20 Å². The Balaban J connectivity index is 2.58. The van der Waals surface area contributed by atoms with Crippen molar-refractivity contribution in [1.29, 1.82) is 0 Å². The average Bonchev–Trinajstić information content (AvgIpc) is 2.65. The maximum atomic E-state index is 11.3. The number of nitrogens with one attached hydrogen (secondary N) is 1. The minimum absolute atomic E-state index is 0.0849. The summed E-state index contributed by atoms with van der Waals surface area (Å²) in [5.74, 6) is 0.141. The van der Waals surface area contributed by atoms with Gasteiger partial charge in [-0.05, 0) is 0 Å². The molecule has 7 nitrogen and oxygen atoms in total. The van der Waals surface area contributed by atoms with Crippen molar-refractivity contribution < 1.29 is 9.59 Å². The van der Waals surface area contributed by atoms with Crippen LogP contribution in [0.5, 0.6) is 0 Å². The molecule has 0 saturated carbocycles. The molecule has 0 aliphatic heterocycles. The van der Waals surface area contributed by atoms with E-state index < -0.39 is 0 Å². The molecule has 0 unspecified atom stereocenters. The zero-order valence-electron chi connectivity index (χ0n) is 9.60. The standard InChI is InChI=1S/C9H15N5O2/c1-4-8(15)10-7-5-14(12-11-7)6-9(16)13(2)3/h5H,4,6H2,1-3H3,(H,10,15). The monoisotopic (exact) mass is 225 g/mol. The van der Waals surface area contributed by atoms with Crippen molar-refractivity contribution in [1.82, 2.24) is 19.9 Å². The van der Waals surface area contributed by atoms with Crippen LogP contribution in [0, 0.1) is 0 Å². The van der Waals surface area contributed by atoms with Crippen molar-refractivity contribution in [3.8, 4) is 0 Å². The van der Waals surface area contributed by atoms with Crippen molar-refractivity contribution in [2.45, 2.75) is 19.9 Å². The molecular formula is C9H15N5O2. The first kappa shape index (κ1) is 12.2. The zero-order chi connectivity index (χ0) is 12.1. The number of hydrogen-bond donors (Lipinski definition) is 1. The Morgan fingerprint density at radius 2 is 2.19 bits per heavy atom. The van der Waals surface area contributed by atoms with Crippen LogP contribution in [0.2, 0.25) is 0 Å². The number of rotatable bonds is 4. The van der Waals surface area contributed by atoms with Gasteiger partial charge in [-0.25, -0.2) is 4.68 Å². The molecule has 88 valence electrons. The Kier molecular flexibility index (Phi) is 3.98. The van der Waals surface area contributed by atoms with Crippen LogP contribution in [-0.4, -0.2) is 45.8 Å². The predicted molar refractivity (Wildman–Crippen MR) is 57.6 cm³/mol. The quantitative estimate of drug-likeness (QED) is 0.764. The van der Waals surface area contributed by atoms with Gasteiger partial charge in [0.25, 0.3) is 0 Å². The van der Waals surface area contributed by atoms with Crippen LogP contribution in [0.15, 0.2) is 6.20 Å². The Morgan fingerprint density at radius 3 is 2.75 bits per heavy atom. The fourth-order valence-electron chi connectivity index (χ4n) is 0.944. The fraction of sp³-hybridized carbons (Fsp3) is 0.556. The third-order valence-electron chi connectivity index (χ3n) is 1.92. The number of aromatic nitrogens is 3. The van der Waals surface area contributed by atoms with E-state index >= 15 is 0 Å². The van der Waals surface area contributed by atoms with E-state index in [1.165, 1.54) is 15.8 Å². The topological polar surface area (TPSA) is 80.1 Å². The van der Waals surface area contributed by atoms with Crippen LogP contribution >= 0.6 is 0 Å². The maximum Gasteiger partial charge on any atom is 0.243 e. The zero-order valence-corrected chi connectivity index (χ0v) is 9.60. The lowest BCUT2D eigenvalue weighted by molar-refractivity contribution is -0.129. The molecule has 1 aromatic heterocycles. The summed E-state index contributed by atoms with van der Waals surface area (Å²) in [6.07, 6.45) is 1.90. The summed E-state index contributed by atoms with van der Waals surface area (Å²) in [5.41, 5.74) is 0. The Bertz CT molecular complexity index is 385. The van der Waals surface area contributed by atoms with Crippen LogP contribution in [-0.2, 0) is 16.1 Å². The second-order valence-electron chi connectivity index (χ2n) is 3.49. The molecule has 0 radical (unpaired) electrons. The van der Waals surface area contributed by atoms with Crippen LogP contribution in [0.3, 0.4) is 0 Å². The largest absolute Gasteiger partial charge is 0.347 e. The van der Waals surface area contributed by atoms with Gasteiger partial charge in [-0.3, -0.25) is 9.59 Å². The molecule has 1 N–H and O–H groups in total. The number of amides is 2.